The van der Waals surface area contributed by atoms with Gasteiger partial charge in [-0.1, -0.05) is 84.6 Å². The van der Waals surface area contributed by atoms with Gasteiger partial charge < -0.3 is 4.98 Å². The van der Waals surface area contributed by atoms with Crippen LogP contribution in [-0.2, 0) is 4.79 Å². The minimum absolute atomic E-state index is 0.0276. The van der Waals surface area contributed by atoms with Crippen LogP contribution in [-0.4, -0.2) is 32.3 Å². The lowest BCUT2D eigenvalue weighted by Crippen LogP contribution is -2.28. The highest BCUT2D eigenvalue weighted by Gasteiger charge is 2.32. The molecule has 148 valence electrons. The number of carbonyl (C=O) groups is 1. The van der Waals surface area contributed by atoms with E-state index >= 15 is 0 Å². The Morgan fingerprint density at radius 1 is 0.967 bits per heavy atom. The Morgan fingerprint density at radius 3 is 2.43 bits per heavy atom. The molecular formula is C24H20N4OS. The van der Waals surface area contributed by atoms with Gasteiger partial charge in [0, 0.05) is 6.42 Å². The van der Waals surface area contributed by atoms with Gasteiger partial charge in [-0.05, 0) is 23.3 Å². The van der Waals surface area contributed by atoms with Crippen LogP contribution >= 0.6 is 11.8 Å². The Hall–Kier alpha value is -3.38. The number of nitrogens with zero attached hydrogens (tertiary/aromatic N) is 3. The molecule has 1 aliphatic heterocycles. The molecular weight excluding hydrogens is 392 g/mol. The Bertz CT molecular complexity index is 1170. The SMILES string of the molecule is O=C(CSc1nc2ccccc2[nH]1)N1N=C(c2ccccc2)CC1c1ccccc1. The molecule has 5 nitrogen and oxygen atoms in total. The number of H-pyrrole nitrogens is 1. The number of benzene rings is 3. The van der Waals surface area contributed by atoms with E-state index in [9.17, 15) is 4.79 Å². The third kappa shape index (κ3) is 3.74. The molecule has 1 unspecified atom stereocenters. The molecule has 4 aromatic rings. The van der Waals surface area contributed by atoms with E-state index in [-0.39, 0.29) is 17.7 Å². The van der Waals surface area contributed by atoms with Gasteiger partial charge in [-0.3, -0.25) is 4.79 Å². The molecule has 3 aromatic carbocycles. The first-order chi connectivity index (χ1) is 14.8. The molecule has 0 aliphatic carbocycles. The van der Waals surface area contributed by atoms with Crippen LogP contribution in [0.25, 0.3) is 11.0 Å². The number of rotatable bonds is 5. The maximum Gasteiger partial charge on any atom is 0.253 e. The van der Waals surface area contributed by atoms with Crippen LogP contribution in [0, 0.1) is 0 Å². The lowest BCUT2D eigenvalue weighted by molar-refractivity contribution is -0.130. The molecule has 1 aromatic heterocycles. The van der Waals surface area contributed by atoms with E-state index in [1.807, 2.05) is 72.8 Å². The smallest absolute Gasteiger partial charge is 0.253 e. The molecule has 0 radical (unpaired) electrons. The summed E-state index contributed by atoms with van der Waals surface area (Å²) in [5.74, 6) is 0.245. The largest absolute Gasteiger partial charge is 0.333 e. The number of hydrazone groups is 1. The molecule has 0 saturated carbocycles. The van der Waals surface area contributed by atoms with E-state index in [0.29, 0.717) is 6.42 Å². The molecule has 0 bridgehead atoms. The van der Waals surface area contributed by atoms with E-state index in [0.717, 1.165) is 33.0 Å². The van der Waals surface area contributed by atoms with Crippen molar-refractivity contribution in [1.29, 1.82) is 0 Å². The molecule has 0 saturated heterocycles. The second kappa shape index (κ2) is 8.16. The number of hydrogen-bond acceptors (Lipinski definition) is 4. The van der Waals surface area contributed by atoms with Gasteiger partial charge in [0.05, 0.1) is 28.5 Å². The van der Waals surface area contributed by atoms with E-state index in [1.165, 1.54) is 11.8 Å². The quantitative estimate of drug-likeness (QED) is 0.468. The summed E-state index contributed by atoms with van der Waals surface area (Å²) in [6.07, 6.45) is 0.703. The van der Waals surface area contributed by atoms with E-state index in [2.05, 4.69) is 22.1 Å². The van der Waals surface area contributed by atoms with Crippen molar-refractivity contribution in [3.63, 3.8) is 0 Å². The van der Waals surface area contributed by atoms with Crippen molar-refractivity contribution in [3.8, 4) is 0 Å². The van der Waals surface area contributed by atoms with Crippen molar-refractivity contribution >= 4 is 34.4 Å². The first-order valence-corrected chi connectivity index (χ1v) is 10.8. The molecule has 30 heavy (non-hydrogen) atoms. The Balaban J connectivity index is 1.38. The average molecular weight is 413 g/mol. The van der Waals surface area contributed by atoms with Gasteiger partial charge in [-0.2, -0.15) is 5.10 Å². The molecule has 0 fully saturated rings. The second-order valence-electron chi connectivity index (χ2n) is 7.13. The van der Waals surface area contributed by atoms with Crippen LogP contribution in [0.1, 0.15) is 23.6 Å². The lowest BCUT2D eigenvalue weighted by atomic mass is 9.98. The van der Waals surface area contributed by atoms with Crippen LogP contribution in [0.5, 0.6) is 0 Å². The van der Waals surface area contributed by atoms with Crippen LogP contribution in [0.3, 0.4) is 0 Å². The standard InChI is InChI=1S/C24H20N4OS/c29-23(16-30-24-25-19-13-7-8-14-20(19)26-24)28-22(18-11-5-2-6-12-18)15-21(27-28)17-9-3-1-4-10-17/h1-14,22H,15-16H2,(H,25,26). The van der Waals surface area contributed by atoms with Gasteiger partial charge in [-0.25, -0.2) is 9.99 Å². The fourth-order valence-corrected chi connectivity index (χ4v) is 4.41. The zero-order valence-corrected chi connectivity index (χ0v) is 17.0. The third-order valence-corrected chi connectivity index (χ3v) is 6.02. The summed E-state index contributed by atoms with van der Waals surface area (Å²) in [4.78, 5) is 21.0. The number of carbonyl (C=O) groups excluding carboxylic acids is 1. The monoisotopic (exact) mass is 412 g/mol. The highest BCUT2D eigenvalue weighted by Crippen LogP contribution is 2.33. The second-order valence-corrected chi connectivity index (χ2v) is 8.09. The number of imidazole rings is 1. The predicted octanol–water partition coefficient (Wildman–Crippen LogP) is 5.03. The summed E-state index contributed by atoms with van der Waals surface area (Å²) in [5, 5.41) is 7.12. The lowest BCUT2D eigenvalue weighted by Gasteiger charge is -2.21. The molecule has 1 aliphatic rings. The minimum atomic E-state index is -0.0924. The van der Waals surface area contributed by atoms with Crippen molar-refractivity contribution in [1.82, 2.24) is 15.0 Å². The van der Waals surface area contributed by atoms with Crippen molar-refractivity contribution in [3.05, 3.63) is 96.1 Å². The van der Waals surface area contributed by atoms with Gasteiger partial charge in [-0.15, -0.1) is 0 Å². The highest BCUT2D eigenvalue weighted by atomic mass is 32.2. The predicted molar refractivity (Wildman–Crippen MR) is 120 cm³/mol. The Morgan fingerprint density at radius 2 is 1.67 bits per heavy atom. The molecule has 1 atom stereocenters. The van der Waals surface area contributed by atoms with E-state index < -0.39 is 0 Å². The van der Waals surface area contributed by atoms with Gasteiger partial charge >= 0.3 is 0 Å². The van der Waals surface area contributed by atoms with Gasteiger partial charge in [0.2, 0.25) is 0 Å². The number of hydrogen-bond donors (Lipinski definition) is 1. The van der Waals surface area contributed by atoms with Crippen LogP contribution in [0.2, 0.25) is 0 Å². The number of aromatic nitrogens is 2. The third-order valence-electron chi connectivity index (χ3n) is 5.16. The number of fused-ring (bicyclic) bond motifs is 1. The molecule has 0 spiro atoms. The first-order valence-electron chi connectivity index (χ1n) is 9.85. The zero-order chi connectivity index (χ0) is 20.3. The number of thioether (sulfide) groups is 1. The van der Waals surface area contributed by atoms with Crippen LogP contribution < -0.4 is 0 Å². The molecule has 5 rings (SSSR count). The number of nitrogens with one attached hydrogen (secondary N) is 1. The van der Waals surface area contributed by atoms with Crippen molar-refractivity contribution in [2.45, 2.75) is 17.6 Å². The summed E-state index contributed by atoms with van der Waals surface area (Å²) < 4.78 is 0. The topological polar surface area (TPSA) is 61.4 Å². The van der Waals surface area contributed by atoms with Gasteiger partial charge in [0.1, 0.15) is 0 Å². The summed E-state index contributed by atoms with van der Waals surface area (Å²) in [6, 6.07) is 27.9. The number of amides is 1. The Labute approximate surface area is 178 Å². The molecule has 1 N–H and O–H groups in total. The number of aromatic amines is 1. The average Bonchev–Trinajstić information content (AvgIpc) is 3.43. The van der Waals surface area contributed by atoms with Gasteiger partial charge in [0.15, 0.2) is 5.16 Å². The summed E-state index contributed by atoms with van der Waals surface area (Å²) in [5.41, 5.74) is 4.96. The minimum Gasteiger partial charge on any atom is -0.333 e. The maximum absolute atomic E-state index is 13.2. The highest BCUT2D eigenvalue weighted by molar-refractivity contribution is 7.99. The van der Waals surface area contributed by atoms with Crippen LogP contribution in [0.4, 0.5) is 0 Å². The fraction of sp³-hybridized carbons (Fsp3) is 0.125. The normalized spacial score (nSPS) is 16.1. The molecule has 6 heteroatoms. The van der Waals surface area contributed by atoms with Crippen LogP contribution in [0.15, 0.2) is 95.2 Å². The summed E-state index contributed by atoms with van der Waals surface area (Å²) in [7, 11) is 0. The van der Waals surface area contributed by atoms with Crippen molar-refractivity contribution < 1.29 is 4.79 Å². The maximum atomic E-state index is 13.2. The number of para-hydroxylation sites is 2. The van der Waals surface area contributed by atoms with Crippen molar-refractivity contribution in [2.24, 2.45) is 5.10 Å². The fourth-order valence-electron chi connectivity index (χ4n) is 3.67. The van der Waals surface area contributed by atoms with E-state index in [4.69, 9.17) is 5.10 Å². The Kier molecular flexibility index (Phi) is 5.07. The van der Waals surface area contributed by atoms with E-state index in [1.54, 1.807) is 5.01 Å². The van der Waals surface area contributed by atoms with Crippen molar-refractivity contribution in [2.75, 3.05) is 5.75 Å². The van der Waals surface area contributed by atoms with Gasteiger partial charge in [0.25, 0.3) is 5.91 Å². The summed E-state index contributed by atoms with van der Waals surface area (Å²) >= 11 is 1.41. The molecule has 1 amide bonds. The summed E-state index contributed by atoms with van der Waals surface area (Å²) in [6.45, 7) is 0. The first kappa shape index (κ1) is 18.6. The molecule has 2 heterocycles. The zero-order valence-electron chi connectivity index (χ0n) is 16.2.